The minimum atomic E-state index is 0.244. The zero-order chi connectivity index (χ0) is 42.2. The van der Waals surface area contributed by atoms with E-state index in [1.807, 2.05) is 0 Å². The fraction of sp³-hybridized carbons (Fsp3) is 0.433. The zero-order valence-electron chi connectivity index (χ0n) is 38.1. The van der Waals surface area contributed by atoms with Crippen molar-refractivity contribution in [3.63, 3.8) is 0 Å². The second-order valence-corrected chi connectivity index (χ2v) is 20.4. The Morgan fingerprint density at radius 3 is 1.39 bits per heavy atom. The van der Waals surface area contributed by atoms with E-state index in [-0.39, 0.29) is 12.1 Å². The summed E-state index contributed by atoms with van der Waals surface area (Å²) in [7, 11) is 0. The largest absolute Gasteiger partial charge is 0.334 e. The van der Waals surface area contributed by atoms with Crippen LogP contribution >= 0.6 is 0 Å². The monoisotopic (exact) mass is 819 g/mol. The van der Waals surface area contributed by atoms with E-state index < -0.39 is 0 Å². The van der Waals surface area contributed by atoms with Gasteiger partial charge in [-0.15, -0.1) is 0 Å². The molecule has 5 aromatic rings. The summed E-state index contributed by atoms with van der Waals surface area (Å²) in [5.74, 6) is 3.92. The van der Waals surface area contributed by atoms with Gasteiger partial charge in [0.25, 0.3) is 0 Å². The molecule has 0 radical (unpaired) electrons. The molecule has 3 saturated carbocycles. The van der Waals surface area contributed by atoms with Gasteiger partial charge < -0.3 is 9.80 Å². The lowest BCUT2D eigenvalue weighted by atomic mass is 9.57. The van der Waals surface area contributed by atoms with E-state index in [9.17, 15) is 0 Å². The maximum Gasteiger partial charge on any atom is 0.0597 e. The highest BCUT2D eigenvalue weighted by atomic mass is 15.2. The van der Waals surface area contributed by atoms with Crippen LogP contribution in [0.2, 0.25) is 0 Å². The highest BCUT2D eigenvalue weighted by Gasteiger charge is 2.49. The van der Waals surface area contributed by atoms with E-state index >= 15 is 0 Å². The van der Waals surface area contributed by atoms with Gasteiger partial charge in [-0.25, -0.2) is 0 Å². The van der Waals surface area contributed by atoms with Crippen LogP contribution in [0.3, 0.4) is 0 Å². The lowest BCUT2D eigenvalue weighted by Crippen LogP contribution is -2.47. The first-order chi connectivity index (χ1) is 30.4. The molecule has 0 bridgehead atoms. The number of hydrogen-bond acceptors (Lipinski definition) is 2. The Labute approximate surface area is 374 Å². The molecule has 3 fully saturated rings. The van der Waals surface area contributed by atoms with Gasteiger partial charge in [0.05, 0.1) is 12.1 Å². The number of hydrogen-bond donors (Lipinski definition) is 0. The molecule has 0 amide bonds. The van der Waals surface area contributed by atoms with E-state index in [1.165, 1.54) is 115 Å². The summed E-state index contributed by atoms with van der Waals surface area (Å²) in [4.78, 5) is 5.47. The van der Waals surface area contributed by atoms with Crippen LogP contribution in [0, 0.1) is 11.8 Å². The lowest BCUT2D eigenvalue weighted by molar-refractivity contribution is 0.202. The van der Waals surface area contributed by atoms with Crippen LogP contribution < -0.4 is 9.80 Å². The molecule has 0 saturated heterocycles. The maximum absolute atomic E-state index is 2.74. The van der Waals surface area contributed by atoms with Gasteiger partial charge in [-0.05, 0) is 174 Å². The summed E-state index contributed by atoms with van der Waals surface area (Å²) in [6, 6.07) is 49.1. The normalized spacial score (nSPS) is 24.0. The summed E-state index contributed by atoms with van der Waals surface area (Å²) in [5.41, 5.74) is 15.8. The number of benzene rings is 5. The molecule has 5 atom stereocenters. The molecule has 0 aliphatic heterocycles. The molecule has 5 unspecified atom stereocenters. The first-order valence-corrected chi connectivity index (χ1v) is 24.8. The molecule has 10 rings (SSSR count). The fourth-order valence-electron chi connectivity index (χ4n) is 12.7. The van der Waals surface area contributed by atoms with Gasteiger partial charge in [0, 0.05) is 22.7 Å². The average Bonchev–Trinajstić information content (AvgIpc) is 3.33. The molecule has 5 aliphatic carbocycles. The molecule has 2 nitrogen and oxygen atoms in total. The van der Waals surface area contributed by atoms with Crippen molar-refractivity contribution >= 4 is 22.7 Å². The molecule has 5 aromatic carbocycles. The van der Waals surface area contributed by atoms with Crippen molar-refractivity contribution in [1.29, 1.82) is 0 Å². The molecular formula is C60H70N2. The van der Waals surface area contributed by atoms with E-state index in [4.69, 9.17) is 0 Å². The molecule has 0 heterocycles. The van der Waals surface area contributed by atoms with Crippen LogP contribution in [0.5, 0.6) is 0 Å². The SMILES string of the molecule is CC(C)c1ccc(N(c2ccc(C3CCCCC3)cc2)C2CC3c4ccccc4C(N(c4ccc(C(C)C)cc4)c4ccc(C5CCCCC5)cc4)CC3C3CC=CC=C32)cc1. The Morgan fingerprint density at radius 1 is 0.452 bits per heavy atom. The van der Waals surface area contributed by atoms with E-state index in [0.29, 0.717) is 41.4 Å². The van der Waals surface area contributed by atoms with Crippen molar-refractivity contribution in [1.82, 2.24) is 0 Å². The molecule has 0 spiro atoms. The van der Waals surface area contributed by atoms with Gasteiger partial charge in [-0.1, -0.05) is 157 Å². The second-order valence-electron chi connectivity index (χ2n) is 20.4. The zero-order valence-corrected chi connectivity index (χ0v) is 38.1. The Bertz CT molecular complexity index is 2320. The number of allylic oxidation sites excluding steroid dienone is 3. The Morgan fingerprint density at radius 2 is 0.903 bits per heavy atom. The van der Waals surface area contributed by atoms with Crippen LogP contribution in [-0.4, -0.2) is 6.04 Å². The molecular weight excluding hydrogens is 749 g/mol. The third-order valence-corrected chi connectivity index (χ3v) is 16.2. The Kier molecular flexibility index (Phi) is 12.0. The van der Waals surface area contributed by atoms with Gasteiger partial charge in [0.2, 0.25) is 0 Å². The lowest BCUT2D eigenvalue weighted by Gasteiger charge is -2.53. The molecule has 62 heavy (non-hydrogen) atoms. The molecule has 320 valence electrons. The molecule has 5 aliphatic rings. The van der Waals surface area contributed by atoms with Gasteiger partial charge in [0.15, 0.2) is 0 Å². The van der Waals surface area contributed by atoms with Crippen molar-refractivity contribution in [2.75, 3.05) is 9.80 Å². The maximum atomic E-state index is 2.74. The summed E-state index contributed by atoms with van der Waals surface area (Å²) < 4.78 is 0. The van der Waals surface area contributed by atoms with Crippen molar-refractivity contribution in [2.24, 2.45) is 11.8 Å². The Hall–Kier alpha value is -4.82. The highest BCUT2D eigenvalue weighted by molar-refractivity contribution is 5.69. The third kappa shape index (κ3) is 8.13. The van der Waals surface area contributed by atoms with Gasteiger partial charge in [0.1, 0.15) is 0 Å². The minimum absolute atomic E-state index is 0.244. The van der Waals surface area contributed by atoms with Crippen LogP contribution in [0.4, 0.5) is 22.7 Å². The first kappa shape index (κ1) is 41.2. The van der Waals surface area contributed by atoms with Gasteiger partial charge in [-0.3, -0.25) is 0 Å². The number of anilines is 4. The molecule has 2 heteroatoms. The molecule has 0 aromatic heterocycles. The topological polar surface area (TPSA) is 6.48 Å². The van der Waals surface area contributed by atoms with Crippen molar-refractivity contribution < 1.29 is 0 Å². The summed E-state index contributed by atoms with van der Waals surface area (Å²) in [6.45, 7) is 9.24. The van der Waals surface area contributed by atoms with E-state index in [1.54, 1.807) is 11.1 Å². The van der Waals surface area contributed by atoms with Crippen LogP contribution in [0.25, 0.3) is 0 Å². The first-order valence-electron chi connectivity index (χ1n) is 24.8. The predicted octanol–water partition coefficient (Wildman–Crippen LogP) is 17.1. The second kappa shape index (κ2) is 18.1. The number of fused-ring (bicyclic) bond motifs is 5. The number of nitrogens with zero attached hydrogens (tertiary/aromatic N) is 2. The van der Waals surface area contributed by atoms with Crippen LogP contribution in [0.15, 0.2) is 145 Å². The smallest absolute Gasteiger partial charge is 0.0597 e. The summed E-state index contributed by atoms with van der Waals surface area (Å²) in [5, 5.41) is 0. The van der Waals surface area contributed by atoms with Crippen molar-refractivity contribution in [2.45, 2.75) is 153 Å². The van der Waals surface area contributed by atoms with E-state index in [2.05, 4.69) is 177 Å². The standard InChI is InChI=1S/C60H70N2/c1-41(2)43-23-31-49(32-24-43)61(51-35-27-47(28-36-51)45-15-7-5-8-16-45)59-39-57-54-20-12-14-22-56(54)60(40-58(57)53-19-11-13-21-55(53)59)62(50-33-25-44(26-34-50)42(3)4)52-37-29-48(30-38-52)46-17-9-6-10-18-46/h11-14,19,21-38,41-42,45-46,54,57-60H,5-10,15-18,20,39-40H2,1-4H3. The average molecular weight is 819 g/mol. The summed E-state index contributed by atoms with van der Waals surface area (Å²) in [6.07, 6.45) is 24.3. The van der Waals surface area contributed by atoms with Crippen molar-refractivity contribution in [3.8, 4) is 0 Å². The van der Waals surface area contributed by atoms with Crippen LogP contribution in [-0.2, 0) is 0 Å². The van der Waals surface area contributed by atoms with Crippen molar-refractivity contribution in [3.05, 3.63) is 179 Å². The predicted molar refractivity (Wildman–Crippen MR) is 264 cm³/mol. The quantitative estimate of drug-likeness (QED) is 0.138. The van der Waals surface area contributed by atoms with Gasteiger partial charge in [-0.2, -0.15) is 0 Å². The van der Waals surface area contributed by atoms with E-state index in [0.717, 1.165) is 19.3 Å². The fourth-order valence-corrected chi connectivity index (χ4v) is 12.7. The number of rotatable bonds is 10. The summed E-state index contributed by atoms with van der Waals surface area (Å²) >= 11 is 0. The highest BCUT2D eigenvalue weighted by Crippen LogP contribution is 2.58. The van der Waals surface area contributed by atoms with Gasteiger partial charge >= 0.3 is 0 Å². The Balaban J connectivity index is 1.05. The minimum Gasteiger partial charge on any atom is -0.334 e. The third-order valence-electron chi connectivity index (χ3n) is 16.2. The molecule has 0 N–H and O–H groups in total. The van der Waals surface area contributed by atoms with Crippen LogP contribution in [0.1, 0.15) is 180 Å².